The van der Waals surface area contributed by atoms with Crippen LogP contribution in [0.15, 0.2) is 6.20 Å². The van der Waals surface area contributed by atoms with E-state index in [0.29, 0.717) is 37.7 Å². The van der Waals surface area contributed by atoms with Gasteiger partial charge < -0.3 is 14.7 Å². The van der Waals surface area contributed by atoms with E-state index in [0.717, 1.165) is 18.5 Å². The number of hydrogen-bond donors (Lipinski definition) is 1. The number of aryl methyl sites for hydroxylation is 1. The molecule has 0 aromatic carbocycles. The number of carbonyl (C=O) groups excluding carboxylic acids is 1. The van der Waals surface area contributed by atoms with Crippen LogP contribution >= 0.6 is 0 Å². The van der Waals surface area contributed by atoms with Crippen LogP contribution in [0.5, 0.6) is 0 Å². The summed E-state index contributed by atoms with van der Waals surface area (Å²) in [7, 11) is 1.85. The summed E-state index contributed by atoms with van der Waals surface area (Å²) in [6.07, 6.45) is 8.04. The Kier molecular flexibility index (Phi) is 4.50. The molecule has 7 heteroatoms. The van der Waals surface area contributed by atoms with E-state index < -0.39 is 11.4 Å². The molecular formula is C19H27N3O4. The first-order valence-electron chi connectivity index (χ1n) is 9.65. The summed E-state index contributed by atoms with van der Waals surface area (Å²) in [5.74, 6) is -0.675. The Balaban J connectivity index is 1.60. The molecule has 1 aromatic heterocycles. The van der Waals surface area contributed by atoms with Crippen LogP contribution in [-0.4, -0.2) is 58.0 Å². The number of carbonyl (C=O) groups is 2. The maximum Gasteiger partial charge on any atom is 0.311 e. The highest BCUT2D eigenvalue weighted by Gasteiger charge is 2.55. The number of ether oxygens (including phenoxy) is 1. The lowest BCUT2D eigenvalue weighted by molar-refractivity contribution is -0.157. The summed E-state index contributed by atoms with van der Waals surface area (Å²) in [6, 6.07) is 0. The van der Waals surface area contributed by atoms with Crippen molar-refractivity contribution in [3.05, 3.63) is 17.5 Å². The fraction of sp³-hybridized carbons (Fsp3) is 0.737. The molecule has 4 rings (SSSR count). The first-order chi connectivity index (χ1) is 12.5. The highest BCUT2D eigenvalue weighted by atomic mass is 16.5. The summed E-state index contributed by atoms with van der Waals surface area (Å²) in [5.41, 5.74) is 0.688. The van der Waals surface area contributed by atoms with Gasteiger partial charge in [-0.1, -0.05) is 19.3 Å². The molecule has 2 aliphatic heterocycles. The standard InChI is InChI=1S/C19H27N3O4/c1-21-10-15(16(20-21)13-5-3-2-4-6-13)17(23)22-9-14-11-26-8-7-19(14,12-22)18(24)25/h10,13-14H,2-9,11-12H2,1H3,(H,24,25)/t14-,19+/m0/s1. The van der Waals surface area contributed by atoms with E-state index in [1.54, 1.807) is 15.8 Å². The van der Waals surface area contributed by atoms with E-state index in [1.807, 2.05) is 7.05 Å². The van der Waals surface area contributed by atoms with Gasteiger partial charge in [0.2, 0.25) is 0 Å². The van der Waals surface area contributed by atoms with E-state index in [1.165, 1.54) is 19.3 Å². The Bertz CT molecular complexity index is 710. The van der Waals surface area contributed by atoms with Crippen LogP contribution in [0.25, 0.3) is 0 Å². The highest BCUT2D eigenvalue weighted by molar-refractivity contribution is 5.96. The van der Waals surface area contributed by atoms with E-state index in [-0.39, 0.29) is 18.4 Å². The topological polar surface area (TPSA) is 84.7 Å². The first-order valence-corrected chi connectivity index (χ1v) is 9.65. The van der Waals surface area contributed by atoms with Gasteiger partial charge in [-0.25, -0.2) is 0 Å². The number of carboxylic acid groups (broad SMARTS) is 1. The number of carboxylic acids is 1. The molecule has 1 saturated carbocycles. The Morgan fingerprint density at radius 1 is 1.31 bits per heavy atom. The molecule has 1 aromatic rings. The number of nitrogens with zero attached hydrogens (tertiary/aromatic N) is 3. The quantitative estimate of drug-likeness (QED) is 0.890. The molecule has 0 radical (unpaired) electrons. The van der Waals surface area contributed by atoms with Crippen LogP contribution in [0.3, 0.4) is 0 Å². The molecule has 0 bridgehead atoms. The van der Waals surface area contributed by atoms with Crippen molar-refractivity contribution in [3.8, 4) is 0 Å². The fourth-order valence-corrected chi connectivity index (χ4v) is 4.97. The zero-order valence-electron chi connectivity index (χ0n) is 15.3. The smallest absolute Gasteiger partial charge is 0.311 e. The molecule has 7 nitrogen and oxygen atoms in total. The lowest BCUT2D eigenvalue weighted by Gasteiger charge is -2.33. The molecule has 2 saturated heterocycles. The summed E-state index contributed by atoms with van der Waals surface area (Å²) in [5, 5.41) is 14.4. The molecule has 3 heterocycles. The Labute approximate surface area is 153 Å². The van der Waals surface area contributed by atoms with Crippen LogP contribution in [-0.2, 0) is 16.6 Å². The molecule has 26 heavy (non-hydrogen) atoms. The number of rotatable bonds is 3. The van der Waals surface area contributed by atoms with Gasteiger partial charge in [0, 0.05) is 44.8 Å². The van der Waals surface area contributed by atoms with Gasteiger partial charge in [-0.3, -0.25) is 14.3 Å². The van der Waals surface area contributed by atoms with Crippen molar-refractivity contribution in [2.75, 3.05) is 26.3 Å². The Morgan fingerprint density at radius 3 is 2.77 bits per heavy atom. The van der Waals surface area contributed by atoms with Crippen molar-refractivity contribution in [1.29, 1.82) is 0 Å². The van der Waals surface area contributed by atoms with Gasteiger partial charge >= 0.3 is 5.97 Å². The predicted molar refractivity (Wildman–Crippen MR) is 93.9 cm³/mol. The van der Waals surface area contributed by atoms with Crippen molar-refractivity contribution in [2.24, 2.45) is 18.4 Å². The molecule has 3 fully saturated rings. The summed E-state index contributed by atoms with van der Waals surface area (Å²) in [4.78, 5) is 27.0. The second-order valence-electron chi connectivity index (χ2n) is 8.11. The predicted octanol–water partition coefficient (Wildman–Crippen LogP) is 2.03. The van der Waals surface area contributed by atoms with Gasteiger partial charge in [0.05, 0.1) is 23.3 Å². The van der Waals surface area contributed by atoms with Gasteiger partial charge in [0.1, 0.15) is 0 Å². The van der Waals surface area contributed by atoms with E-state index in [4.69, 9.17) is 4.74 Å². The average molecular weight is 361 g/mol. The van der Waals surface area contributed by atoms with Gasteiger partial charge in [0.25, 0.3) is 5.91 Å². The third kappa shape index (κ3) is 2.82. The molecule has 0 spiro atoms. The van der Waals surface area contributed by atoms with E-state index in [9.17, 15) is 14.7 Å². The van der Waals surface area contributed by atoms with Crippen molar-refractivity contribution >= 4 is 11.9 Å². The normalized spacial score (nSPS) is 29.6. The van der Waals surface area contributed by atoms with Gasteiger partial charge in [-0.05, 0) is 19.3 Å². The van der Waals surface area contributed by atoms with Crippen LogP contribution < -0.4 is 0 Å². The highest BCUT2D eigenvalue weighted by Crippen LogP contribution is 2.43. The average Bonchev–Trinajstić information content (AvgIpc) is 3.23. The van der Waals surface area contributed by atoms with Crippen molar-refractivity contribution < 1.29 is 19.4 Å². The minimum absolute atomic E-state index is 0.0753. The number of amides is 1. The number of likely N-dealkylation sites (tertiary alicyclic amines) is 1. The molecule has 3 aliphatic rings. The van der Waals surface area contributed by atoms with Gasteiger partial charge in [-0.15, -0.1) is 0 Å². The maximum absolute atomic E-state index is 13.3. The Morgan fingerprint density at radius 2 is 2.08 bits per heavy atom. The lowest BCUT2D eigenvalue weighted by atomic mass is 9.74. The SMILES string of the molecule is Cn1cc(C(=O)N2C[C@H]3COCC[C@@]3(C(=O)O)C2)c(C2CCCCC2)n1. The third-order valence-electron chi connectivity index (χ3n) is 6.50. The summed E-state index contributed by atoms with van der Waals surface area (Å²) < 4.78 is 7.22. The van der Waals surface area contributed by atoms with Crippen LogP contribution in [0.2, 0.25) is 0 Å². The second kappa shape index (κ2) is 6.68. The van der Waals surface area contributed by atoms with E-state index in [2.05, 4.69) is 5.10 Å². The first kappa shape index (κ1) is 17.5. The third-order valence-corrected chi connectivity index (χ3v) is 6.50. The van der Waals surface area contributed by atoms with E-state index >= 15 is 0 Å². The number of aliphatic carboxylic acids is 1. The van der Waals surface area contributed by atoms with Gasteiger partial charge in [0.15, 0.2) is 0 Å². The van der Waals surface area contributed by atoms with Crippen molar-refractivity contribution in [3.63, 3.8) is 0 Å². The number of hydrogen-bond acceptors (Lipinski definition) is 4. The monoisotopic (exact) mass is 361 g/mol. The molecular weight excluding hydrogens is 334 g/mol. The summed E-state index contributed by atoms with van der Waals surface area (Å²) in [6.45, 7) is 1.59. The van der Waals surface area contributed by atoms with Crippen LogP contribution in [0.4, 0.5) is 0 Å². The Hall–Kier alpha value is -1.89. The molecule has 2 atom stereocenters. The molecule has 1 amide bonds. The minimum atomic E-state index is -0.860. The van der Waals surface area contributed by atoms with Crippen LogP contribution in [0, 0.1) is 11.3 Å². The molecule has 142 valence electrons. The minimum Gasteiger partial charge on any atom is -0.481 e. The zero-order valence-corrected chi connectivity index (χ0v) is 15.3. The molecule has 1 aliphatic carbocycles. The maximum atomic E-state index is 13.3. The molecule has 0 unspecified atom stereocenters. The second-order valence-corrected chi connectivity index (χ2v) is 8.11. The fourth-order valence-electron chi connectivity index (χ4n) is 4.97. The summed E-state index contributed by atoms with van der Waals surface area (Å²) >= 11 is 0. The van der Waals surface area contributed by atoms with Crippen molar-refractivity contribution in [1.82, 2.24) is 14.7 Å². The lowest BCUT2D eigenvalue weighted by Crippen LogP contribution is -2.45. The molecule has 1 N–H and O–H groups in total. The largest absolute Gasteiger partial charge is 0.481 e. The van der Waals surface area contributed by atoms with Gasteiger partial charge in [-0.2, -0.15) is 5.10 Å². The van der Waals surface area contributed by atoms with Crippen LogP contribution in [0.1, 0.15) is 60.5 Å². The zero-order chi connectivity index (χ0) is 18.3. The number of aromatic nitrogens is 2. The number of fused-ring (bicyclic) bond motifs is 1. The van der Waals surface area contributed by atoms with Crippen molar-refractivity contribution in [2.45, 2.75) is 44.4 Å².